The third-order valence-corrected chi connectivity index (χ3v) is 17.0. The number of guanidine groups is 1. The summed E-state index contributed by atoms with van der Waals surface area (Å²) in [7, 11) is 1.42. The van der Waals surface area contributed by atoms with Crippen LogP contribution in [0.2, 0.25) is 0 Å². The first-order chi connectivity index (χ1) is 47.3. The standard InChI is InChI=1S/C67H86N16O12.C2H4O2/c1-5-71-63(92)55-17-11-27-83(55)66(95)49(16-10-26-72-67(68)69)76-64(93)56(28-38(2)3)82(4)65(94)53(31-40-18-21-41-12-6-7-13-42(41)29-40)80-59(88)50(30-39-19-22-45(85)23-20-39)77-62(91)54(36-84)81-60(89)51(32-43-34-73-47-15-9-8-14-46(43)47)78-61(90)52(33-44-35-70-37-74-44)79-58(87)48-24-25-57(86)75-48;1-2(3)4/h6-9,12-15,18-23,29,34,37-38,48-56,73,84-85H,5,10-11,16-17,24-28,30-33,35-36H2,1-4H3,(H,71,92)(H,75,86)(H,76,93)(H,77,91)(H,78,90)(H,79,87)(H,80,88)(H,81,89)(H4,68,69,72);1H3,(H,3,4)/t48-,49-,50-,51-,52-,53+,54-,55-,56-;/m0./s1. The SMILES string of the molecule is CC(=O)O.CCNC(=O)[C@@H]1CCCN1C(=O)[C@H](CCCN=C(N)N)NC(=O)[C@H](CC(C)C)N(C)C(=O)[C@@H](Cc1ccc2ccccc2c1)NC(=O)[C@H](Cc1ccc(O)cc1)NC(=O)[C@H](CO)NC(=O)[C@H](Cc1c[nH]c2ccccc12)NC(=O)[C@H](CC1=NC=NC1)NC(=O)[C@@H]1CCC(=O)N1. The Morgan fingerprint density at radius 1 is 0.727 bits per heavy atom. The summed E-state index contributed by atoms with van der Waals surface area (Å²) in [5.41, 5.74) is 14.0. The molecular formula is C69H90N16O14. The van der Waals surface area contributed by atoms with E-state index in [4.69, 9.17) is 21.4 Å². The molecule has 1 aromatic heterocycles. The minimum atomic E-state index is -1.78. The number of aliphatic carboxylic acids is 1. The largest absolute Gasteiger partial charge is 0.508 e. The van der Waals surface area contributed by atoms with Gasteiger partial charge >= 0.3 is 0 Å². The van der Waals surface area contributed by atoms with E-state index in [0.717, 1.165) is 17.7 Å². The lowest BCUT2D eigenvalue weighted by Gasteiger charge is -2.34. The number of benzene rings is 4. The van der Waals surface area contributed by atoms with Gasteiger partial charge in [-0.05, 0) is 97.0 Å². The van der Waals surface area contributed by atoms with E-state index < -0.39 is 114 Å². The molecule has 0 bridgehead atoms. The minimum Gasteiger partial charge on any atom is -0.508 e. The van der Waals surface area contributed by atoms with Gasteiger partial charge in [0.15, 0.2) is 5.96 Å². The Kier molecular flexibility index (Phi) is 27.9. The van der Waals surface area contributed by atoms with Gasteiger partial charge in [-0.1, -0.05) is 86.6 Å². The Morgan fingerprint density at radius 2 is 1.33 bits per heavy atom. The van der Waals surface area contributed by atoms with E-state index in [0.29, 0.717) is 52.7 Å². The number of carbonyl (C=O) groups excluding carboxylic acids is 10. The van der Waals surface area contributed by atoms with Gasteiger partial charge in [0.1, 0.15) is 66.5 Å². The monoisotopic (exact) mass is 1370 g/mol. The molecule has 9 atom stereocenters. The van der Waals surface area contributed by atoms with Gasteiger partial charge in [-0.15, -0.1) is 0 Å². The van der Waals surface area contributed by atoms with Gasteiger partial charge in [0.25, 0.3) is 5.97 Å². The number of aromatic nitrogens is 1. The average molecular weight is 1370 g/mol. The van der Waals surface area contributed by atoms with Crippen molar-refractivity contribution in [3.63, 3.8) is 0 Å². The molecular weight excluding hydrogens is 1280 g/mol. The molecule has 530 valence electrons. The van der Waals surface area contributed by atoms with Gasteiger partial charge in [-0.3, -0.25) is 62.7 Å². The van der Waals surface area contributed by atoms with Crippen molar-refractivity contribution in [2.75, 3.05) is 39.8 Å². The van der Waals surface area contributed by atoms with E-state index in [1.807, 2.05) is 62.4 Å². The summed E-state index contributed by atoms with van der Waals surface area (Å²) in [5, 5.41) is 52.9. The number of fused-ring (bicyclic) bond motifs is 2. The van der Waals surface area contributed by atoms with E-state index in [9.17, 15) is 48.6 Å². The molecule has 4 aromatic carbocycles. The number of aromatic hydroxyl groups is 1. The highest BCUT2D eigenvalue weighted by atomic mass is 16.4. The Morgan fingerprint density at radius 3 is 1.97 bits per heavy atom. The van der Waals surface area contributed by atoms with Crippen molar-refractivity contribution in [3.8, 4) is 5.75 Å². The number of nitrogens with one attached hydrogen (secondary N) is 9. The van der Waals surface area contributed by atoms with E-state index in [-0.39, 0.29) is 107 Å². The van der Waals surface area contributed by atoms with Crippen molar-refractivity contribution in [1.82, 2.24) is 57.3 Å². The zero-order valence-electron chi connectivity index (χ0n) is 56.1. The van der Waals surface area contributed by atoms with Crippen LogP contribution in [-0.2, 0) is 72.0 Å². The summed E-state index contributed by atoms with van der Waals surface area (Å²) in [6, 6.07) is 14.3. The molecule has 0 spiro atoms. The number of hydrogen-bond donors (Lipinski definition) is 14. The van der Waals surface area contributed by atoms with Crippen molar-refractivity contribution < 1.29 is 68.1 Å². The predicted octanol–water partition coefficient (Wildman–Crippen LogP) is 0.252. The number of H-pyrrole nitrogens is 1. The van der Waals surface area contributed by atoms with Crippen LogP contribution >= 0.6 is 0 Å². The molecule has 3 aliphatic heterocycles. The topological polar surface area (TPSA) is 456 Å². The number of nitrogens with zero attached hydrogens (tertiary/aromatic N) is 5. The van der Waals surface area contributed by atoms with E-state index in [1.165, 1.54) is 47.5 Å². The van der Waals surface area contributed by atoms with Crippen molar-refractivity contribution in [1.29, 1.82) is 0 Å². The highest BCUT2D eigenvalue weighted by Crippen LogP contribution is 2.24. The zero-order chi connectivity index (χ0) is 71.9. The molecule has 2 fully saturated rings. The van der Waals surface area contributed by atoms with Crippen LogP contribution in [0, 0.1) is 5.92 Å². The number of para-hydroxylation sites is 1. The molecule has 0 radical (unpaired) electrons. The van der Waals surface area contributed by atoms with Crippen molar-refractivity contribution in [2.24, 2.45) is 32.4 Å². The Balaban J connectivity index is 0.00000335. The number of likely N-dealkylation sites (N-methyl/N-ethyl adjacent to an activating group) is 2. The van der Waals surface area contributed by atoms with Crippen molar-refractivity contribution >= 4 is 105 Å². The maximum atomic E-state index is 15.5. The molecule has 2 saturated heterocycles. The smallest absolute Gasteiger partial charge is 0.300 e. The summed E-state index contributed by atoms with van der Waals surface area (Å²) in [6.07, 6.45) is 3.98. The first kappa shape index (κ1) is 75.6. The molecule has 99 heavy (non-hydrogen) atoms. The number of aliphatic hydroxyl groups excluding tert-OH is 1. The Labute approximate surface area is 572 Å². The zero-order valence-corrected chi connectivity index (χ0v) is 56.1. The number of phenolic OH excluding ortho intramolecular Hbond substituents is 1. The summed E-state index contributed by atoms with van der Waals surface area (Å²) in [5.74, 6) is -8.23. The van der Waals surface area contributed by atoms with Crippen LogP contribution in [0.15, 0.2) is 112 Å². The van der Waals surface area contributed by atoms with E-state index in [1.54, 1.807) is 31.3 Å². The number of aliphatic imine (C=N–C) groups is 3. The van der Waals surface area contributed by atoms with Crippen LogP contribution in [0.5, 0.6) is 5.75 Å². The first-order valence-electron chi connectivity index (χ1n) is 33.0. The number of rotatable bonds is 32. The number of nitrogens with two attached hydrogens (primary N) is 2. The Hall–Kier alpha value is -10.8. The highest BCUT2D eigenvalue weighted by molar-refractivity contribution is 6.03. The van der Waals surface area contributed by atoms with E-state index >= 15 is 9.59 Å². The summed E-state index contributed by atoms with van der Waals surface area (Å²) in [6.45, 7) is 6.43. The number of hydrogen-bond acceptors (Lipinski definition) is 16. The number of carbonyl (C=O) groups is 11. The van der Waals surface area contributed by atoms with Crippen LogP contribution in [0.25, 0.3) is 21.7 Å². The van der Waals surface area contributed by atoms with Gasteiger partial charge in [-0.25, -0.2) is 4.99 Å². The molecule has 4 heterocycles. The lowest BCUT2D eigenvalue weighted by atomic mass is 9.97. The van der Waals surface area contributed by atoms with Gasteiger partial charge in [0.05, 0.1) is 13.2 Å². The molecule has 0 aliphatic carbocycles. The van der Waals surface area contributed by atoms with Gasteiger partial charge in [-0.2, -0.15) is 0 Å². The Bertz CT molecular complexity index is 3810. The third kappa shape index (κ3) is 22.1. The van der Waals surface area contributed by atoms with Crippen LogP contribution in [0.4, 0.5) is 0 Å². The number of aromatic amines is 1. The maximum absolute atomic E-state index is 15.5. The van der Waals surface area contributed by atoms with Crippen molar-refractivity contribution in [2.45, 2.75) is 153 Å². The molecule has 30 heteroatoms. The van der Waals surface area contributed by atoms with Crippen LogP contribution in [0.1, 0.15) is 95.8 Å². The summed E-state index contributed by atoms with van der Waals surface area (Å²) in [4.78, 5) is 170. The molecule has 30 nitrogen and oxygen atoms in total. The fourth-order valence-corrected chi connectivity index (χ4v) is 12.0. The fourth-order valence-electron chi connectivity index (χ4n) is 12.0. The molecule has 10 amide bonds. The lowest BCUT2D eigenvalue weighted by Crippen LogP contribution is -2.61. The normalized spacial score (nSPS) is 16.8. The predicted molar refractivity (Wildman–Crippen MR) is 369 cm³/mol. The minimum absolute atomic E-state index is 0.0719. The number of likely N-dealkylation sites (tertiary alicyclic amines) is 1. The lowest BCUT2D eigenvalue weighted by molar-refractivity contribution is -0.145. The molecule has 0 unspecified atom stereocenters. The number of phenols is 1. The summed E-state index contributed by atoms with van der Waals surface area (Å²) < 4.78 is 0. The third-order valence-electron chi connectivity index (χ3n) is 17.0. The highest BCUT2D eigenvalue weighted by Gasteiger charge is 2.41. The van der Waals surface area contributed by atoms with Gasteiger partial charge in [0.2, 0.25) is 59.1 Å². The van der Waals surface area contributed by atoms with Crippen LogP contribution in [0.3, 0.4) is 0 Å². The molecule has 5 aromatic rings. The fraction of sp³-hybridized carbons (Fsp3) is 0.449. The first-order valence-corrected chi connectivity index (χ1v) is 33.0. The molecule has 3 aliphatic rings. The number of carboxylic acids is 1. The molecule has 0 saturated carbocycles. The van der Waals surface area contributed by atoms with Gasteiger partial charge < -0.3 is 84.1 Å². The maximum Gasteiger partial charge on any atom is 0.300 e. The second kappa shape index (κ2) is 36.5. The second-order valence-corrected chi connectivity index (χ2v) is 25.0. The molecule has 16 N–H and O–H groups in total. The van der Waals surface area contributed by atoms with Gasteiger partial charge in [0, 0.05) is 88.5 Å². The summed E-state index contributed by atoms with van der Waals surface area (Å²) >= 11 is 0. The molecule has 8 rings (SSSR count). The quantitative estimate of drug-likeness (QED) is 0.0156. The second-order valence-electron chi connectivity index (χ2n) is 25.0. The van der Waals surface area contributed by atoms with Crippen molar-refractivity contribution in [3.05, 3.63) is 114 Å². The van der Waals surface area contributed by atoms with Crippen LogP contribution in [-0.4, -0.2) is 207 Å². The number of aliphatic hydroxyl groups is 1. The van der Waals surface area contributed by atoms with E-state index in [2.05, 4.69) is 62.5 Å². The number of carboxylic acid groups (broad SMARTS) is 1. The van der Waals surface area contributed by atoms with Crippen LogP contribution < -0.4 is 54.0 Å². The average Bonchev–Trinajstić information content (AvgIpc) is 1.40. The number of amides is 10.